The first-order valence-electron chi connectivity index (χ1n) is 17.3. The predicted octanol–water partition coefficient (Wildman–Crippen LogP) is 8.35. The number of anilines is 2. The summed E-state index contributed by atoms with van der Waals surface area (Å²) in [5.41, 5.74) is 3.53. The van der Waals surface area contributed by atoms with E-state index in [1.165, 1.54) is 11.8 Å². The Balaban J connectivity index is 1.11. The second-order valence-electron chi connectivity index (χ2n) is 12.5. The fourth-order valence-electron chi connectivity index (χ4n) is 6.14. The van der Waals surface area contributed by atoms with E-state index in [2.05, 4.69) is 16.0 Å². The van der Waals surface area contributed by atoms with Crippen molar-refractivity contribution in [1.29, 1.82) is 0 Å². The number of amides is 3. The minimum absolute atomic E-state index is 0.0214. The van der Waals surface area contributed by atoms with Crippen molar-refractivity contribution in [2.45, 2.75) is 10.1 Å². The van der Waals surface area contributed by atoms with Crippen LogP contribution < -0.4 is 20.7 Å². The Kier molecular flexibility index (Phi) is 10.8. The summed E-state index contributed by atoms with van der Waals surface area (Å²) in [4.78, 5) is 68.4. The molecule has 1 aliphatic rings. The van der Waals surface area contributed by atoms with Crippen LogP contribution in [-0.4, -0.2) is 36.4 Å². The van der Waals surface area contributed by atoms with Crippen molar-refractivity contribution in [3.8, 4) is 5.75 Å². The molecule has 0 aromatic heterocycles. The highest BCUT2D eigenvalue weighted by Gasteiger charge is 2.33. The molecular formula is C45H33N3O6S. The summed E-state index contributed by atoms with van der Waals surface area (Å²) in [7, 11) is 1.55. The molecule has 10 heteroatoms. The average molecular weight is 744 g/mol. The van der Waals surface area contributed by atoms with Crippen molar-refractivity contribution >= 4 is 58.5 Å². The van der Waals surface area contributed by atoms with Crippen molar-refractivity contribution in [2.24, 2.45) is 0 Å². The lowest BCUT2D eigenvalue weighted by molar-refractivity contribution is -0.116. The highest BCUT2D eigenvalue weighted by Crippen LogP contribution is 2.38. The maximum absolute atomic E-state index is 14.1. The van der Waals surface area contributed by atoms with E-state index >= 15 is 0 Å². The number of carbonyl (C=O) groups excluding carboxylic acids is 5. The third-order valence-electron chi connectivity index (χ3n) is 8.85. The van der Waals surface area contributed by atoms with Gasteiger partial charge in [-0.1, -0.05) is 97.1 Å². The maximum atomic E-state index is 14.1. The summed E-state index contributed by atoms with van der Waals surface area (Å²) in [5.74, 6) is -1.39. The molecule has 9 nitrogen and oxygen atoms in total. The maximum Gasteiger partial charge on any atom is 0.272 e. The van der Waals surface area contributed by atoms with Gasteiger partial charge in [-0.2, -0.15) is 0 Å². The summed E-state index contributed by atoms with van der Waals surface area (Å²) in [6.07, 6.45) is 1.57. The Labute approximate surface area is 321 Å². The molecule has 0 fully saturated rings. The van der Waals surface area contributed by atoms with E-state index in [0.29, 0.717) is 33.7 Å². The second-order valence-corrected chi connectivity index (χ2v) is 13.6. The molecule has 0 bridgehead atoms. The van der Waals surface area contributed by atoms with Crippen LogP contribution in [0.1, 0.15) is 58.6 Å². The molecule has 55 heavy (non-hydrogen) atoms. The smallest absolute Gasteiger partial charge is 0.272 e. The van der Waals surface area contributed by atoms with Crippen LogP contribution in [0.25, 0.3) is 6.08 Å². The van der Waals surface area contributed by atoms with Gasteiger partial charge in [0, 0.05) is 32.8 Å². The van der Waals surface area contributed by atoms with Crippen molar-refractivity contribution in [1.82, 2.24) is 5.32 Å². The molecular weight excluding hydrogens is 711 g/mol. The molecule has 1 aliphatic carbocycles. The number of benzene rings is 6. The largest absolute Gasteiger partial charge is 0.497 e. The zero-order chi connectivity index (χ0) is 38.3. The van der Waals surface area contributed by atoms with Crippen molar-refractivity contribution in [3.05, 3.63) is 196 Å². The highest BCUT2D eigenvalue weighted by atomic mass is 32.2. The molecule has 3 N–H and O–H groups in total. The number of thioether (sulfide) groups is 1. The van der Waals surface area contributed by atoms with Crippen molar-refractivity contribution in [2.75, 3.05) is 17.7 Å². The van der Waals surface area contributed by atoms with E-state index in [1.54, 1.807) is 135 Å². The van der Waals surface area contributed by atoms with Gasteiger partial charge in [0.2, 0.25) is 5.91 Å². The molecule has 0 heterocycles. The summed E-state index contributed by atoms with van der Waals surface area (Å²) in [6, 6.07) is 43.4. The number of hydrogen-bond donors (Lipinski definition) is 3. The molecule has 7 rings (SSSR count). The van der Waals surface area contributed by atoms with Gasteiger partial charge in [0.15, 0.2) is 11.6 Å². The van der Waals surface area contributed by atoms with Gasteiger partial charge in [0.25, 0.3) is 11.8 Å². The first kappa shape index (κ1) is 36.3. The van der Waals surface area contributed by atoms with Crippen LogP contribution in [0.5, 0.6) is 5.75 Å². The van der Waals surface area contributed by atoms with E-state index in [-0.39, 0.29) is 40.0 Å². The van der Waals surface area contributed by atoms with E-state index in [0.717, 1.165) is 10.5 Å². The lowest BCUT2D eigenvalue weighted by atomic mass is 9.83. The fourth-order valence-corrected chi connectivity index (χ4v) is 7.16. The van der Waals surface area contributed by atoms with E-state index in [1.807, 2.05) is 30.3 Å². The minimum atomic E-state index is -0.746. The third kappa shape index (κ3) is 8.14. The molecule has 3 amide bonds. The molecule has 6 aromatic rings. The van der Waals surface area contributed by atoms with Gasteiger partial charge in [-0.15, -0.1) is 11.8 Å². The first-order chi connectivity index (χ1) is 26.8. The summed E-state index contributed by atoms with van der Waals surface area (Å²) in [6.45, 7) is 0. The van der Waals surface area contributed by atoms with E-state index < -0.39 is 17.1 Å². The van der Waals surface area contributed by atoms with Crippen LogP contribution in [0.2, 0.25) is 0 Å². The van der Waals surface area contributed by atoms with Crippen molar-refractivity contribution in [3.63, 3.8) is 0 Å². The van der Waals surface area contributed by atoms with Crippen LogP contribution in [0, 0.1) is 0 Å². The normalized spacial score (nSPS) is 12.5. The number of fused-ring (bicyclic) bond motifs is 2. The Morgan fingerprint density at radius 2 is 1.29 bits per heavy atom. The van der Waals surface area contributed by atoms with Gasteiger partial charge in [-0.3, -0.25) is 24.0 Å². The van der Waals surface area contributed by atoms with Crippen LogP contribution in [-0.2, 0) is 9.59 Å². The molecule has 0 saturated carbocycles. The van der Waals surface area contributed by atoms with Gasteiger partial charge in [0.05, 0.1) is 18.4 Å². The monoisotopic (exact) mass is 743 g/mol. The molecule has 0 spiro atoms. The van der Waals surface area contributed by atoms with Crippen molar-refractivity contribution < 1.29 is 28.7 Å². The Bertz CT molecular complexity index is 2470. The average Bonchev–Trinajstić information content (AvgIpc) is 3.22. The number of ether oxygens (including phenoxy) is 1. The van der Waals surface area contributed by atoms with Crippen LogP contribution in [0.15, 0.2) is 162 Å². The Morgan fingerprint density at radius 3 is 2.00 bits per heavy atom. The van der Waals surface area contributed by atoms with Gasteiger partial charge < -0.3 is 20.7 Å². The standard InChI is InChI=1S/C45H33N3O6S/c1-54-32-17-10-12-28(26-32)27-38(48-43(51)30-15-6-3-7-16-30)44(52)46-31-22-24-33(25-23-31)55-42(29-13-4-2-5-14-29)45(53)47-37-21-11-20-36-39(37)41(50)35-19-9-8-18-34(35)40(36)49/h2-27,42H,1H3,(H,46,52)(H,47,53)(H,48,51)/b38-27-. The number of hydrogen-bond acceptors (Lipinski definition) is 7. The minimum Gasteiger partial charge on any atom is -0.497 e. The molecule has 6 aromatic carbocycles. The number of methoxy groups -OCH3 is 1. The topological polar surface area (TPSA) is 131 Å². The lowest BCUT2D eigenvalue weighted by Gasteiger charge is -2.22. The van der Waals surface area contributed by atoms with Crippen LogP contribution >= 0.6 is 11.8 Å². The molecule has 1 atom stereocenters. The SMILES string of the molecule is COc1cccc(/C=C(\NC(=O)c2ccccc2)C(=O)Nc2ccc(SC(C(=O)Nc3cccc4c3C(=O)c3ccccc3C4=O)c3ccccc3)cc2)c1. The second kappa shape index (κ2) is 16.3. The van der Waals surface area contributed by atoms with E-state index in [9.17, 15) is 24.0 Å². The summed E-state index contributed by atoms with van der Waals surface area (Å²) < 4.78 is 5.33. The zero-order valence-electron chi connectivity index (χ0n) is 29.4. The van der Waals surface area contributed by atoms with Gasteiger partial charge in [-0.05, 0) is 71.8 Å². The van der Waals surface area contributed by atoms with Gasteiger partial charge >= 0.3 is 0 Å². The molecule has 0 aliphatic heterocycles. The predicted molar refractivity (Wildman–Crippen MR) is 213 cm³/mol. The summed E-state index contributed by atoms with van der Waals surface area (Å²) in [5, 5.41) is 7.79. The highest BCUT2D eigenvalue weighted by molar-refractivity contribution is 8.00. The molecule has 270 valence electrons. The van der Waals surface area contributed by atoms with Gasteiger partial charge in [0.1, 0.15) is 16.7 Å². The molecule has 1 unspecified atom stereocenters. The third-order valence-corrected chi connectivity index (χ3v) is 10.1. The number of carbonyl (C=O) groups is 5. The van der Waals surface area contributed by atoms with Gasteiger partial charge in [-0.25, -0.2) is 0 Å². The number of nitrogens with one attached hydrogen (secondary N) is 3. The number of ketones is 2. The van der Waals surface area contributed by atoms with Crippen LogP contribution in [0.4, 0.5) is 11.4 Å². The fraction of sp³-hybridized carbons (Fsp3) is 0.0444. The molecule has 0 saturated heterocycles. The Hall–Kier alpha value is -7.04. The summed E-state index contributed by atoms with van der Waals surface area (Å²) >= 11 is 1.28. The van der Waals surface area contributed by atoms with Crippen LogP contribution in [0.3, 0.4) is 0 Å². The number of rotatable bonds is 11. The Morgan fingerprint density at radius 1 is 0.655 bits per heavy atom. The van der Waals surface area contributed by atoms with E-state index in [4.69, 9.17) is 4.74 Å². The lowest BCUT2D eigenvalue weighted by Crippen LogP contribution is -2.30. The first-order valence-corrected chi connectivity index (χ1v) is 18.1. The quantitative estimate of drug-likeness (QED) is 0.0897. The molecule has 0 radical (unpaired) electrons. The zero-order valence-corrected chi connectivity index (χ0v) is 30.3.